The van der Waals surface area contributed by atoms with Crippen molar-refractivity contribution in [2.45, 2.75) is 13.8 Å². The fourth-order valence-electron chi connectivity index (χ4n) is 2.22. The molecule has 4 nitrogen and oxygen atoms in total. The molecule has 1 aliphatic rings. The summed E-state index contributed by atoms with van der Waals surface area (Å²) in [4.78, 5) is 7.44. The first kappa shape index (κ1) is 13.9. The van der Waals surface area contributed by atoms with E-state index in [-0.39, 0.29) is 0 Å². The molecule has 4 heteroatoms. The summed E-state index contributed by atoms with van der Waals surface area (Å²) < 4.78 is 0. The third kappa shape index (κ3) is 4.78. The molecule has 0 bridgehead atoms. The summed E-state index contributed by atoms with van der Waals surface area (Å²) in [7, 11) is 0. The van der Waals surface area contributed by atoms with Crippen LogP contribution >= 0.6 is 0 Å². The lowest BCUT2D eigenvalue weighted by Gasteiger charge is -2.34. The van der Waals surface area contributed by atoms with Gasteiger partial charge in [0.1, 0.15) is 0 Å². The Bertz CT molecular complexity index is 166. The molecule has 2 N–H and O–H groups in total. The van der Waals surface area contributed by atoms with E-state index in [1.165, 1.54) is 26.2 Å². The number of nitrogens with zero attached hydrogens (tertiary/aromatic N) is 3. The lowest BCUT2D eigenvalue weighted by atomic mass is 10.3. The number of piperazine rings is 1. The molecule has 0 radical (unpaired) electrons. The standard InChI is InChI=1S/C12H27N3O/c1-3-13(4-2)5-6-14-7-9-15(10-8-14)11-12-16/h16H,3-12H2,1-2H3/p+1. The van der Waals surface area contributed by atoms with Crippen molar-refractivity contribution < 1.29 is 5.11 Å². The normalized spacial score (nSPS) is 19.5. The molecule has 0 amide bonds. The molecule has 96 valence electrons. The number of hydrogen-bond acceptors (Lipinski definition) is 3. The Kier molecular flexibility index (Phi) is 6.96. The first-order valence-electron chi connectivity index (χ1n) is 6.61. The van der Waals surface area contributed by atoms with Gasteiger partial charge in [0, 0.05) is 39.3 Å². The third-order valence-corrected chi connectivity index (χ3v) is 3.52. The van der Waals surface area contributed by atoms with E-state index in [1.807, 2.05) is 0 Å². The van der Waals surface area contributed by atoms with Crippen LogP contribution in [0.4, 0.5) is 0 Å². The van der Waals surface area contributed by atoms with E-state index in [9.17, 15) is 0 Å². The molecule has 0 atom stereocenters. The van der Waals surface area contributed by atoms with Crippen molar-refractivity contribution in [3.05, 3.63) is 0 Å². The Labute approximate surface area is 99.8 Å². The van der Waals surface area contributed by atoms with Crippen LogP contribution in [-0.4, -0.2) is 85.3 Å². The Morgan fingerprint density at radius 3 is 1.88 bits per heavy atom. The van der Waals surface area contributed by atoms with Gasteiger partial charge in [-0.25, -0.2) is 0 Å². The molecule has 0 saturated carbocycles. The molecule has 1 fully saturated rings. The minimum atomic E-state index is 0.541. The van der Waals surface area contributed by atoms with Gasteiger partial charge in [-0.2, -0.15) is 0 Å². The zero-order chi connectivity index (χ0) is 11.8. The van der Waals surface area contributed by atoms with Crippen LogP contribution in [0.2, 0.25) is 0 Å². The second-order valence-electron chi connectivity index (χ2n) is 4.46. The van der Waals surface area contributed by atoms with Gasteiger partial charge in [0.25, 0.3) is 0 Å². The summed E-state index contributed by atoms with van der Waals surface area (Å²) in [5, 5.41) is 7.21. The SMILES string of the molecule is CCN(CC)CCN1CCN(CC[OH2+])CC1. The molecule has 16 heavy (non-hydrogen) atoms. The highest BCUT2D eigenvalue weighted by Gasteiger charge is 2.16. The molecular weight excluding hydrogens is 202 g/mol. The zero-order valence-corrected chi connectivity index (χ0v) is 10.9. The molecule has 1 aliphatic heterocycles. The van der Waals surface area contributed by atoms with Crippen LogP contribution in [0.15, 0.2) is 0 Å². The summed E-state index contributed by atoms with van der Waals surface area (Å²) in [5.41, 5.74) is 0. The van der Waals surface area contributed by atoms with Gasteiger partial charge in [-0.1, -0.05) is 13.8 Å². The van der Waals surface area contributed by atoms with Crippen molar-refractivity contribution >= 4 is 0 Å². The van der Waals surface area contributed by atoms with Crippen molar-refractivity contribution in [3.8, 4) is 0 Å². The fraction of sp³-hybridized carbons (Fsp3) is 1.00. The Morgan fingerprint density at radius 1 is 0.938 bits per heavy atom. The summed E-state index contributed by atoms with van der Waals surface area (Å²) in [6.07, 6.45) is 0. The Morgan fingerprint density at radius 2 is 1.44 bits per heavy atom. The van der Waals surface area contributed by atoms with E-state index < -0.39 is 0 Å². The molecule has 0 aromatic carbocycles. The van der Waals surface area contributed by atoms with E-state index in [0.717, 1.165) is 32.7 Å². The third-order valence-electron chi connectivity index (χ3n) is 3.52. The van der Waals surface area contributed by atoms with E-state index in [0.29, 0.717) is 6.61 Å². The molecule has 1 saturated heterocycles. The number of likely N-dealkylation sites (N-methyl/N-ethyl adjacent to an activating group) is 1. The van der Waals surface area contributed by atoms with Crippen LogP contribution in [0.25, 0.3) is 0 Å². The Balaban J connectivity index is 2.12. The largest absolute Gasteiger partial charge is 0.444 e. The maximum absolute atomic E-state index is 7.21. The van der Waals surface area contributed by atoms with Gasteiger partial charge in [-0.05, 0) is 13.1 Å². The maximum atomic E-state index is 7.21. The summed E-state index contributed by atoms with van der Waals surface area (Å²) in [6.45, 7) is 15.3. The van der Waals surface area contributed by atoms with Crippen molar-refractivity contribution in [1.29, 1.82) is 0 Å². The van der Waals surface area contributed by atoms with Crippen LogP contribution in [-0.2, 0) is 0 Å². The van der Waals surface area contributed by atoms with Gasteiger partial charge < -0.3 is 10.0 Å². The summed E-state index contributed by atoms with van der Waals surface area (Å²) >= 11 is 0. The van der Waals surface area contributed by atoms with E-state index >= 15 is 0 Å². The van der Waals surface area contributed by atoms with Gasteiger partial charge in [-0.15, -0.1) is 0 Å². The molecule has 0 aromatic rings. The van der Waals surface area contributed by atoms with Crippen molar-refractivity contribution in [1.82, 2.24) is 14.7 Å². The first-order valence-corrected chi connectivity index (χ1v) is 6.61. The Hall–Kier alpha value is -0.160. The molecule has 0 unspecified atom stereocenters. The lowest BCUT2D eigenvalue weighted by Crippen LogP contribution is -2.49. The van der Waals surface area contributed by atoms with Crippen molar-refractivity contribution in [3.63, 3.8) is 0 Å². The molecule has 1 heterocycles. The van der Waals surface area contributed by atoms with E-state index in [4.69, 9.17) is 5.11 Å². The van der Waals surface area contributed by atoms with E-state index in [2.05, 4.69) is 28.5 Å². The average Bonchev–Trinajstić information content (AvgIpc) is 2.33. The zero-order valence-electron chi connectivity index (χ0n) is 10.9. The van der Waals surface area contributed by atoms with Gasteiger partial charge in [0.15, 0.2) is 6.61 Å². The second kappa shape index (κ2) is 8.01. The smallest absolute Gasteiger partial charge is 0.156 e. The lowest BCUT2D eigenvalue weighted by molar-refractivity contribution is 0.104. The highest BCUT2D eigenvalue weighted by Crippen LogP contribution is 2.01. The predicted molar refractivity (Wildman–Crippen MR) is 69.1 cm³/mol. The summed E-state index contributed by atoms with van der Waals surface area (Å²) in [6, 6.07) is 0. The van der Waals surface area contributed by atoms with Gasteiger partial charge >= 0.3 is 0 Å². The van der Waals surface area contributed by atoms with Crippen LogP contribution in [0.1, 0.15) is 13.8 Å². The molecule has 1 rings (SSSR count). The minimum absolute atomic E-state index is 0.541. The van der Waals surface area contributed by atoms with Crippen LogP contribution in [0.3, 0.4) is 0 Å². The predicted octanol–water partition coefficient (Wildman–Crippen LogP) is -0.330. The van der Waals surface area contributed by atoms with Gasteiger partial charge in [0.2, 0.25) is 0 Å². The monoisotopic (exact) mass is 230 g/mol. The molecule has 0 aromatic heterocycles. The first-order chi connectivity index (χ1) is 7.80. The molecule has 0 aliphatic carbocycles. The maximum Gasteiger partial charge on any atom is 0.156 e. The topological polar surface area (TPSA) is 32.6 Å². The van der Waals surface area contributed by atoms with Crippen LogP contribution in [0, 0.1) is 0 Å². The molecule has 0 spiro atoms. The second-order valence-corrected chi connectivity index (χ2v) is 4.46. The minimum Gasteiger partial charge on any atom is -0.444 e. The highest BCUT2D eigenvalue weighted by molar-refractivity contribution is 4.72. The van der Waals surface area contributed by atoms with Crippen LogP contribution in [0.5, 0.6) is 0 Å². The fourth-order valence-corrected chi connectivity index (χ4v) is 2.22. The highest BCUT2D eigenvalue weighted by atomic mass is 16.3. The number of hydrogen-bond donors (Lipinski definition) is 0. The quantitative estimate of drug-likeness (QED) is 0.562. The van der Waals surface area contributed by atoms with Crippen molar-refractivity contribution in [2.24, 2.45) is 0 Å². The molecular formula is C12H28N3O+. The number of rotatable bonds is 7. The summed E-state index contributed by atoms with van der Waals surface area (Å²) in [5.74, 6) is 0. The average molecular weight is 230 g/mol. The van der Waals surface area contributed by atoms with Crippen molar-refractivity contribution in [2.75, 3.05) is 65.5 Å². The van der Waals surface area contributed by atoms with Gasteiger partial charge in [-0.3, -0.25) is 9.80 Å². The van der Waals surface area contributed by atoms with Gasteiger partial charge in [0.05, 0.1) is 6.54 Å². The van der Waals surface area contributed by atoms with Crippen LogP contribution < -0.4 is 0 Å². The van der Waals surface area contributed by atoms with E-state index in [1.54, 1.807) is 0 Å².